The molecule has 1 rings (SSSR count). The topological polar surface area (TPSA) is 17.1 Å². The standard InChI is InChI=1S/C10H11FO/c1-8(5-6-12)9-3-2-4-10(11)7-9/h2-4,6-8H,5H2,1H3/t8-/m0/s1. The maximum absolute atomic E-state index is 12.7. The molecule has 12 heavy (non-hydrogen) atoms. The van der Waals surface area contributed by atoms with Crippen molar-refractivity contribution in [2.24, 2.45) is 0 Å². The lowest BCUT2D eigenvalue weighted by atomic mass is 9.99. The molecule has 0 fully saturated rings. The van der Waals surface area contributed by atoms with Gasteiger partial charge in [-0.1, -0.05) is 19.1 Å². The number of aldehydes is 1. The molecule has 2 heteroatoms. The molecule has 0 aliphatic rings. The van der Waals surface area contributed by atoms with Crippen molar-refractivity contribution >= 4 is 6.29 Å². The molecule has 0 aromatic heterocycles. The van der Waals surface area contributed by atoms with Crippen molar-refractivity contribution in [2.45, 2.75) is 19.3 Å². The number of halogens is 1. The summed E-state index contributed by atoms with van der Waals surface area (Å²) in [7, 11) is 0. The van der Waals surface area contributed by atoms with Crippen LogP contribution in [0.25, 0.3) is 0 Å². The van der Waals surface area contributed by atoms with Crippen LogP contribution in [0.5, 0.6) is 0 Å². The molecule has 1 aromatic carbocycles. The van der Waals surface area contributed by atoms with Gasteiger partial charge >= 0.3 is 0 Å². The molecule has 0 aliphatic carbocycles. The van der Waals surface area contributed by atoms with E-state index in [-0.39, 0.29) is 11.7 Å². The van der Waals surface area contributed by atoms with Gasteiger partial charge < -0.3 is 4.79 Å². The molecular formula is C10H11FO. The minimum atomic E-state index is -0.245. The van der Waals surface area contributed by atoms with Crippen LogP contribution in [0, 0.1) is 5.82 Å². The van der Waals surface area contributed by atoms with Gasteiger partial charge in [0.2, 0.25) is 0 Å². The first-order valence-corrected chi connectivity index (χ1v) is 3.93. The fourth-order valence-electron chi connectivity index (χ4n) is 1.09. The van der Waals surface area contributed by atoms with Crippen molar-refractivity contribution in [3.05, 3.63) is 35.6 Å². The Bertz CT molecular complexity index is 270. The quantitative estimate of drug-likeness (QED) is 0.630. The van der Waals surface area contributed by atoms with Crippen molar-refractivity contribution in [1.82, 2.24) is 0 Å². The van der Waals surface area contributed by atoms with E-state index in [1.165, 1.54) is 12.1 Å². The van der Waals surface area contributed by atoms with Crippen LogP contribution in [0.15, 0.2) is 24.3 Å². The number of benzene rings is 1. The SMILES string of the molecule is C[C@@H](CC=O)c1cccc(F)c1. The van der Waals surface area contributed by atoms with Crippen molar-refractivity contribution in [3.63, 3.8) is 0 Å². The predicted molar refractivity (Wildman–Crippen MR) is 45.5 cm³/mol. The van der Waals surface area contributed by atoms with E-state index < -0.39 is 0 Å². The largest absolute Gasteiger partial charge is 0.303 e. The van der Waals surface area contributed by atoms with Crippen molar-refractivity contribution < 1.29 is 9.18 Å². The third kappa shape index (κ3) is 2.16. The van der Waals surface area contributed by atoms with E-state index in [0.717, 1.165) is 11.8 Å². The molecule has 1 aromatic rings. The minimum absolute atomic E-state index is 0.109. The minimum Gasteiger partial charge on any atom is -0.303 e. The van der Waals surface area contributed by atoms with Gasteiger partial charge in [-0.2, -0.15) is 0 Å². The van der Waals surface area contributed by atoms with E-state index in [0.29, 0.717) is 6.42 Å². The van der Waals surface area contributed by atoms with Gasteiger partial charge in [-0.25, -0.2) is 4.39 Å². The van der Waals surface area contributed by atoms with Gasteiger partial charge in [-0.05, 0) is 23.6 Å². The Hall–Kier alpha value is -1.18. The lowest BCUT2D eigenvalue weighted by molar-refractivity contribution is -0.108. The highest BCUT2D eigenvalue weighted by molar-refractivity contribution is 5.51. The number of carbonyl (C=O) groups is 1. The van der Waals surface area contributed by atoms with Crippen LogP contribution in [0.3, 0.4) is 0 Å². The van der Waals surface area contributed by atoms with E-state index in [1.54, 1.807) is 6.07 Å². The zero-order chi connectivity index (χ0) is 8.97. The highest BCUT2D eigenvalue weighted by atomic mass is 19.1. The van der Waals surface area contributed by atoms with Gasteiger partial charge in [0, 0.05) is 6.42 Å². The monoisotopic (exact) mass is 166 g/mol. The third-order valence-electron chi connectivity index (χ3n) is 1.87. The first kappa shape index (κ1) is 8.91. The Balaban J connectivity index is 2.80. The first-order chi connectivity index (χ1) is 5.74. The van der Waals surface area contributed by atoms with Gasteiger partial charge in [0.05, 0.1) is 0 Å². The normalized spacial score (nSPS) is 12.5. The fourth-order valence-corrected chi connectivity index (χ4v) is 1.09. The van der Waals surface area contributed by atoms with Crippen molar-refractivity contribution in [2.75, 3.05) is 0 Å². The first-order valence-electron chi connectivity index (χ1n) is 3.93. The zero-order valence-corrected chi connectivity index (χ0v) is 6.96. The van der Waals surface area contributed by atoms with Crippen LogP contribution >= 0.6 is 0 Å². The number of rotatable bonds is 3. The zero-order valence-electron chi connectivity index (χ0n) is 6.96. The van der Waals surface area contributed by atoms with Crippen LogP contribution < -0.4 is 0 Å². The van der Waals surface area contributed by atoms with Crippen molar-refractivity contribution in [3.8, 4) is 0 Å². The van der Waals surface area contributed by atoms with Gasteiger partial charge in [0.1, 0.15) is 12.1 Å². The van der Waals surface area contributed by atoms with Crippen LogP contribution in [0.2, 0.25) is 0 Å². The molecule has 0 saturated carbocycles. The highest BCUT2D eigenvalue weighted by Gasteiger charge is 2.04. The van der Waals surface area contributed by atoms with Gasteiger partial charge in [0.15, 0.2) is 0 Å². The lowest BCUT2D eigenvalue weighted by Gasteiger charge is -2.06. The van der Waals surface area contributed by atoms with Crippen LogP contribution in [0.1, 0.15) is 24.8 Å². The Morgan fingerprint density at radius 3 is 2.92 bits per heavy atom. The number of hydrogen-bond acceptors (Lipinski definition) is 1. The molecule has 0 amide bonds. The van der Waals surface area contributed by atoms with Gasteiger partial charge in [-0.15, -0.1) is 0 Å². The molecule has 1 atom stereocenters. The molecule has 0 heterocycles. The summed E-state index contributed by atoms with van der Waals surface area (Å²) in [5, 5.41) is 0. The van der Waals surface area contributed by atoms with Crippen LogP contribution in [0.4, 0.5) is 4.39 Å². The summed E-state index contributed by atoms with van der Waals surface area (Å²) in [5.41, 5.74) is 0.877. The lowest BCUT2D eigenvalue weighted by Crippen LogP contribution is -1.94. The second kappa shape index (κ2) is 4.00. The average molecular weight is 166 g/mol. The molecule has 0 saturated heterocycles. The average Bonchev–Trinajstić information content (AvgIpc) is 2.05. The number of carbonyl (C=O) groups excluding carboxylic acids is 1. The van der Waals surface area contributed by atoms with E-state index in [4.69, 9.17) is 0 Å². The summed E-state index contributed by atoms with van der Waals surface area (Å²) < 4.78 is 12.7. The maximum Gasteiger partial charge on any atom is 0.123 e. The summed E-state index contributed by atoms with van der Waals surface area (Å²) in [4.78, 5) is 10.2. The highest BCUT2D eigenvalue weighted by Crippen LogP contribution is 2.17. The second-order valence-corrected chi connectivity index (χ2v) is 2.86. The molecule has 0 unspecified atom stereocenters. The smallest absolute Gasteiger partial charge is 0.123 e. The Morgan fingerprint density at radius 2 is 2.33 bits per heavy atom. The summed E-state index contributed by atoms with van der Waals surface area (Å²) in [6.07, 6.45) is 1.30. The van der Waals surface area contributed by atoms with Crippen molar-refractivity contribution in [1.29, 1.82) is 0 Å². The predicted octanol–water partition coefficient (Wildman–Crippen LogP) is 2.52. The molecule has 64 valence electrons. The van der Waals surface area contributed by atoms with Gasteiger partial charge in [0.25, 0.3) is 0 Å². The Labute approximate surface area is 71.2 Å². The molecular weight excluding hydrogens is 155 g/mol. The summed E-state index contributed by atoms with van der Waals surface area (Å²) >= 11 is 0. The molecule has 0 bridgehead atoms. The van der Waals surface area contributed by atoms with Crippen LogP contribution in [-0.4, -0.2) is 6.29 Å². The molecule has 0 aliphatic heterocycles. The summed E-state index contributed by atoms with van der Waals surface area (Å²) in [6, 6.07) is 6.36. The van der Waals surface area contributed by atoms with E-state index in [9.17, 15) is 9.18 Å². The molecule has 0 radical (unpaired) electrons. The second-order valence-electron chi connectivity index (χ2n) is 2.86. The van der Waals surface area contributed by atoms with Gasteiger partial charge in [-0.3, -0.25) is 0 Å². The Morgan fingerprint density at radius 1 is 1.58 bits per heavy atom. The molecule has 1 nitrogen and oxygen atoms in total. The fraction of sp³-hybridized carbons (Fsp3) is 0.300. The molecule has 0 N–H and O–H groups in total. The van der Waals surface area contributed by atoms with E-state index in [2.05, 4.69) is 0 Å². The van der Waals surface area contributed by atoms with E-state index in [1.807, 2.05) is 13.0 Å². The Kier molecular flexibility index (Phi) is 2.97. The van der Waals surface area contributed by atoms with Crippen LogP contribution in [-0.2, 0) is 4.79 Å². The summed E-state index contributed by atoms with van der Waals surface area (Å²) in [6.45, 7) is 1.91. The van der Waals surface area contributed by atoms with E-state index >= 15 is 0 Å². The maximum atomic E-state index is 12.7. The summed E-state index contributed by atoms with van der Waals surface area (Å²) in [5.74, 6) is -0.136. The third-order valence-corrected chi connectivity index (χ3v) is 1.87. The molecule has 0 spiro atoms. The number of hydrogen-bond donors (Lipinski definition) is 0.